The van der Waals surface area contributed by atoms with Crippen molar-refractivity contribution in [3.63, 3.8) is 0 Å². The Morgan fingerprint density at radius 3 is 2.45 bits per heavy atom. The molecule has 1 saturated carbocycles. The molecular weight excluding hydrogens is 310 g/mol. The highest BCUT2D eigenvalue weighted by Gasteiger charge is 2.24. The first-order valence-electron chi connectivity index (χ1n) is 7.28. The zero-order valence-electron chi connectivity index (χ0n) is 11.8. The van der Waals surface area contributed by atoms with Crippen molar-refractivity contribution in [3.8, 4) is 0 Å². The number of halogens is 1. The Morgan fingerprint density at radius 1 is 1.05 bits per heavy atom. The maximum Gasteiger partial charge on any atom is 0.0565 e. The van der Waals surface area contributed by atoms with Gasteiger partial charge in [-0.2, -0.15) is 0 Å². The van der Waals surface area contributed by atoms with E-state index in [-0.39, 0.29) is 6.04 Å². The third kappa shape index (κ3) is 2.43. The maximum absolute atomic E-state index is 6.57. The molecule has 0 spiro atoms. The van der Waals surface area contributed by atoms with Gasteiger partial charge in [-0.15, -0.1) is 0 Å². The minimum atomic E-state index is -0.0546. The lowest BCUT2D eigenvalue weighted by molar-refractivity contribution is 0.416. The third-order valence-electron chi connectivity index (χ3n) is 4.43. The lowest BCUT2D eigenvalue weighted by Gasteiger charge is -2.30. The molecule has 0 heterocycles. The van der Waals surface area contributed by atoms with Crippen molar-refractivity contribution in [2.75, 3.05) is 0 Å². The molecule has 3 rings (SSSR count). The van der Waals surface area contributed by atoms with Crippen LogP contribution < -0.4 is 5.73 Å². The second-order valence-electron chi connectivity index (χ2n) is 5.71. The fourth-order valence-corrected chi connectivity index (χ4v) is 3.47. The van der Waals surface area contributed by atoms with Crippen molar-refractivity contribution < 1.29 is 0 Å². The zero-order chi connectivity index (χ0) is 14.1. The normalized spacial score (nSPS) is 16.8. The Hall–Kier alpha value is -1.12. The molecule has 104 valence electrons. The largest absolute Gasteiger partial charge is 0.320 e. The molecule has 1 aliphatic rings. The first kappa shape index (κ1) is 13.8. The van der Waals surface area contributed by atoms with Crippen LogP contribution in [0.5, 0.6) is 0 Å². The highest BCUT2D eigenvalue weighted by atomic mass is 79.9. The fraction of sp³-hybridized carbons (Fsp3) is 0.333. The number of rotatable bonds is 3. The van der Waals surface area contributed by atoms with E-state index in [1.165, 1.54) is 41.5 Å². The Labute approximate surface area is 129 Å². The van der Waals surface area contributed by atoms with Gasteiger partial charge >= 0.3 is 0 Å². The van der Waals surface area contributed by atoms with Crippen LogP contribution in [0.3, 0.4) is 0 Å². The summed E-state index contributed by atoms with van der Waals surface area (Å²) in [5, 5.41) is 0. The van der Waals surface area contributed by atoms with Gasteiger partial charge in [0.15, 0.2) is 0 Å². The van der Waals surface area contributed by atoms with Gasteiger partial charge in [0.25, 0.3) is 0 Å². The quantitative estimate of drug-likeness (QED) is 0.835. The number of nitrogens with two attached hydrogens (primary N) is 1. The third-order valence-corrected chi connectivity index (χ3v) is 5.52. The molecular formula is C18H20BrN. The number of benzene rings is 2. The van der Waals surface area contributed by atoms with Crippen LogP contribution in [0.2, 0.25) is 0 Å². The molecule has 1 fully saturated rings. The lowest BCUT2D eigenvalue weighted by atomic mass is 9.76. The molecule has 2 N–H and O–H groups in total. The molecule has 2 heteroatoms. The van der Waals surface area contributed by atoms with Crippen LogP contribution in [0.4, 0.5) is 0 Å². The minimum Gasteiger partial charge on any atom is -0.320 e. The topological polar surface area (TPSA) is 26.0 Å². The molecule has 0 saturated heterocycles. The van der Waals surface area contributed by atoms with Gasteiger partial charge in [0, 0.05) is 4.47 Å². The molecule has 2 aromatic carbocycles. The highest BCUT2D eigenvalue weighted by Crippen LogP contribution is 2.41. The summed E-state index contributed by atoms with van der Waals surface area (Å²) in [7, 11) is 0. The summed E-state index contributed by atoms with van der Waals surface area (Å²) in [5.74, 6) is 0.709. The fourth-order valence-electron chi connectivity index (χ4n) is 2.96. The summed E-state index contributed by atoms with van der Waals surface area (Å²) in [4.78, 5) is 0. The summed E-state index contributed by atoms with van der Waals surface area (Å²) in [6.45, 7) is 2.11. The van der Waals surface area contributed by atoms with E-state index in [2.05, 4.69) is 65.3 Å². The molecule has 1 aliphatic carbocycles. The highest BCUT2D eigenvalue weighted by molar-refractivity contribution is 9.10. The van der Waals surface area contributed by atoms with Gasteiger partial charge in [0.2, 0.25) is 0 Å². The molecule has 1 nitrogen and oxygen atoms in total. The number of hydrogen-bond donors (Lipinski definition) is 1. The van der Waals surface area contributed by atoms with Crippen molar-refractivity contribution >= 4 is 15.9 Å². The van der Waals surface area contributed by atoms with Gasteiger partial charge in [0.1, 0.15) is 0 Å². The Balaban J connectivity index is 2.02. The van der Waals surface area contributed by atoms with E-state index >= 15 is 0 Å². The average molecular weight is 330 g/mol. The summed E-state index contributed by atoms with van der Waals surface area (Å²) in [5.41, 5.74) is 11.7. The second-order valence-corrected chi connectivity index (χ2v) is 6.51. The zero-order valence-corrected chi connectivity index (χ0v) is 13.4. The summed E-state index contributed by atoms with van der Waals surface area (Å²) in [6.07, 6.45) is 3.96. The van der Waals surface area contributed by atoms with Crippen molar-refractivity contribution in [1.82, 2.24) is 0 Å². The molecule has 1 unspecified atom stereocenters. The lowest BCUT2D eigenvalue weighted by Crippen LogP contribution is -2.18. The van der Waals surface area contributed by atoms with E-state index in [1.54, 1.807) is 0 Å². The standard InChI is InChI=1S/C18H20BrN/c1-12-6-4-11-16(17(12)19)18(20)15-10-3-2-9-14(15)13-7-5-8-13/h2-4,6,9-11,13,18H,5,7-8,20H2,1H3. The Morgan fingerprint density at radius 2 is 1.75 bits per heavy atom. The monoisotopic (exact) mass is 329 g/mol. The molecule has 20 heavy (non-hydrogen) atoms. The molecule has 0 aliphatic heterocycles. The SMILES string of the molecule is Cc1cccc(C(N)c2ccccc2C2CCC2)c1Br. The Bertz CT molecular complexity index is 617. The van der Waals surface area contributed by atoms with Crippen LogP contribution in [0.25, 0.3) is 0 Å². The molecule has 1 atom stereocenters. The van der Waals surface area contributed by atoms with Gasteiger partial charge in [-0.05, 0) is 47.9 Å². The van der Waals surface area contributed by atoms with E-state index in [9.17, 15) is 0 Å². The van der Waals surface area contributed by atoms with Gasteiger partial charge in [-0.25, -0.2) is 0 Å². The van der Waals surface area contributed by atoms with Gasteiger partial charge in [0.05, 0.1) is 6.04 Å². The molecule has 0 bridgehead atoms. The van der Waals surface area contributed by atoms with E-state index in [1.807, 2.05) is 0 Å². The van der Waals surface area contributed by atoms with Crippen LogP contribution in [0.15, 0.2) is 46.9 Å². The number of hydrogen-bond acceptors (Lipinski definition) is 1. The predicted molar refractivity (Wildman–Crippen MR) is 87.9 cm³/mol. The summed E-state index contributed by atoms with van der Waals surface area (Å²) >= 11 is 3.69. The Kier molecular flexibility index (Phi) is 3.95. The van der Waals surface area contributed by atoms with E-state index in [0.29, 0.717) is 5.92 Å². The predicted octanol–water partition coefficient (Wildman–Crippen LogP) is 5.07. The van der Waals surface area contributed by atoms with Crippen molar-refractivity contribution in [1.29, 1.82) is 0 Å². The smallest absolute Gasteiger partial charge is 0.0565 e. The van der Waals surface area contributed by atoms with Crippen LogP contribution in [0.1, 0.15) is 53.5 Å². The van der Waals surface area contributed by atoms with E-state index in [4.69, 9.17) is 5.73 Å². The first-order chi connectivity index (χ1) is 9.68. The molecule has 0 aromatic heterocycles. The van der Waals surface area contributed by atoms with E-state index in [0.717, 1.165) is 4.47 Å². The van der Waals surface area contributed by atoms with Crippen LogP contribution in [-0.2, 0) is 0 Å². The maximum atomic E-state index is 6.57. The molecule has 0 radical (unpaired) electrons. The van der Waals surface area contributed by atoms with Crippen LogP contribution >= 0.6 is 15.9 Å². The first-order valence-corrected chi connectivity index (χ1v) is 8.07. The van der Waals surface area contributed by atoms with Gasteiger partial charge < -0.3 is 5.73 Å². The van der Waals surface area contributed by atoms with Crippen molar-refractivity contribution in [2.24, 2.45) is 5.73 Å². The molecule has 0 amide bonds. The minimum absolute atomic E-state index is 0.0546. The average Bonchev–Trinajstić information content (AvgIpc) is 2.40. The summed E-state index contributed by atoms with van der Waals surface area (Å²) < 4.78 is 1.14. The van der Waals surface area contributed by atoms with E-state index < -0.39 is 0 Å². The van der Waals surface area contributed by atoms with Crippen molar-refractivity contribution in [2.45, 2.75) is 38.1 Å². The molecule has 2 aromatic rings. The second kappa shape index (κ2) is 5.71. The van der Waals surface area contributed by atoms with Gasteiger partial charge in [-0.3, -0.25) is 0 Å². The number of aryl methyl sites for hydroxylation is 1. The van der Waals surface area contributed by atoms with Crippen molar-refractivity contribution in [3.05, 3.63) is 69.2 Å². The summed E-state index contributed by atoms with van der Waals surface area (Å²) in [6, 6.07) is 14.9. The van der Waals surface area contributed by atoms with Crippen LogP contribution in [-0.4, -0.2) is 0 Å². The van der Waals surface area contributed by atoms with Gasteiger partial charge in [-0.1, -0.05) is 64.8 Å². The van der Waals surface area contributed by atoms with Crippen LogP contribution in [0, 0.1) is 6.92 Å².